The molecule has 0 spiro atoms. The lowest BCUT2D eigenvalue weighted by atomic mass is 10.3. The lowest BCUT2D eigenvalue weighted by Gasteiger charge is -2.11. The van der Waals surface area contributed by atoms with Crippen LogP contribution in [0.1, 0.15) is 0 Å². The molecule has 2 aromatic carbocycles. The number of halogens is 3. The SMILES string of the molecule is COc1ccc(Cl)cc1Nc1nncc(Nc2ccc(F)c(Cl)c2)n1. The van der Waals surface area contributed by atoms with Crippen LogP contribution in [0.25, 0.3) is 0 Å². The lowest BCUT2D eigenvalue weighted by Crippen LogP contribution is -2.03. The standard InChI is InChI=1S/C16H12Cl2FN5O/c1-25-14-5-2-9(17)6-13(14)22-16-23-15(8-20-24-16)21-10-3-4-12(19)11(18)7-10/h2-8H,1H3,(H2,21,22,23,24). The van der Waals surface area contributed by atoms with E-state index in [1.807, 2.05) is 0 Å². The molecular formula is C16H12Cl2FN5O. The van der Waals surface area contributed by atoms with Gasteiger partial charge >= 0.3 is 0 Å². The fourth-order valence-corrected chi connectivity index (χ4v) is 2.39. The topological polar surface area (TPSA) is 72.0 Å². The minimum absolute atomic E-state index is 0.00836. The van der Waals surface area contributed by atoms with E-state index in [1.165, 1.54) is 24.4 Å². The minimum atomic E-state index is -0.497. The highest BCUT2D eigenvalue weighted by atomic mass is 35.5. The molecule has 0 saturated heterocycles. The second kappa shape index (κ2) is 7.50. The van der Waals surface area contributed by atoms with Crippen molar-refractivity contribution in [3.8, 4) is 5.75 Å². The Kier molecular flexibility index (Phi) is 5.16. The molecule has 25 heavy (non-hydrogen) atoms. The Morgan fingerprint density at radius 1 is 1.08 bits per heavy atom. The second-order valence-corrected chi connectivity index (χ2v) is 5.73. The van der Waals surface area contributed by atoms with Crippen LogP contribution in [0, 0.1) is 5.82 Å². The number of benzene rings is 2. The quantitative estimate of drug-likeness (QED) is 0.662. The van der Waals surface area contributed by atoms with Crippen molar-refractivity contribution in [2.45, 2.75) is 0 Å². The smallest absolute Gasteiger partial charge is 0.249 e. The highest BCUT2D eigenvalue weighted by Crippen LogP contribution is 2.29. The molecule has 3 rings (SSSR count). The van der Waals surface area contributed by atoms with E-state index in [4.69, 9.17) is 27.9 Å². The summed E-state index contributed by atoms with van der Waals surface area (Å²) < 4.78 is 18.5. The Morgan fingerprint density at radius 3 is 2.68 bits per heavy atom. The largest absolute Gasteiger partial charge is 0.495 e. The minimum Gasteiger partial charge on any atom is -0.495 e. The number of hydrogen-bond acceptors (Lipinski definition) is 6. The molecule has 6 nitrogen and oxygen atoms in total. The molecule has 0 fully saturated rings. The molecular weight excluding hydrogens is 368 g/mol. The number of rotatable bonds is 5. The van der Waals surface area contributed by atoms with Gasteiger partial charge < -0.3 is 15.4 Å². The first-order chi connectivity index (χ1) is 12.0. The third kappa shape index (κ3) is 4.26. The van der Waals surface area contributed by atoms with Crippen molar-refractivity contribution < 1.29 is 9.13 Å². The first-order valence-electron chi connectivity index (χ1n) is 7.07. The van der Waals surface area contributed by atoms with Crippen molar-refractivity contribution in [2.24, 2.45) is 0 Å². The van der Waals surface area contributed by atoms with E-state index in [2.05, 4.69) is 25.8 Å². The van der Waals surface area contributed by atoms with E-state index in [0.29, 0.717) is 28.0 Å². The van der Waals surface area contributed by atoms with Gasteiger partial charge in [-0.2, -0.15) is 10.1 Å². The molecule has 0 radical (unpaired) electrons. The zero-order valence-electron chi connectivity index (χ0n) is 12.9. The van der Waals surface area contributed by atoms with Crippen molar-refractivity contribution in [1.29, 1.82) is 0 Å². The second-order valence-electron chi connectivity index (χ2n) is 4.89. The van der Waals surface area contributed by atoms with Gasteiger partial charge in [-0.25, -0.2) is 4.39 Å². The molecule has 3 aromatic rings. The first-order valence-corrected chi connectivity index (χ1v) is 7.83. The fourth-order valence-electron chi connectivity index (χ4n) is 2.04. The van der Waals surface area contributed by atoms with Crippen LogP contribution < -0.4 is 15.4 Å². The average molecular weight is 380 g/mol. The third-order valence-electron chi connectivity index (χ3n) is 3.16. The summed E-state index contributed by atoms with van der Waals surface area (Å²) in [6.45, 7) is 0. The number of anilines is 4. The van der Waals surface area contributed by atoms with Crippen LogP contribution in [-0.4, -0.2) is 22.3 Å². The van der Waals surface area contributed by atoms with Crippen molar-refractivity contribution in [1.82, 2.24) is 15.2 Å². The molecule has 0 saturated carbocycles. The van der Waals surface area contributed by atoms with Crippen molar-refractivity contribution in [3.05, 3.63) is 58.5 Å². The molecule has 1 heterocycles. The van der Waals surface area contributed by atoms with E-state index in [-0.39, 0.29) is 11.0 Å². The Balaban J connectivity index is 1.82. The molecule has 128 valence electrons. The predicted octanol–water partition coefficient (Wildman–Crippen LogP) is 4.81. The molecule has 0 aliphatic rings. The average Bonchev–Trinajstić information content (AvgIpc) is 2.59. The summed E-state index contributed by atoms with van der Waals surface area (Å²) in [5.41, 5.74) is 1.16. The zero-order chi connectivity index (χ0) is 17.8. The molecule has 0 bridgehead atoms. The molecule has 0 aliphatic carbocycles. The van der Waals surface area contributed by atoms with Crippen molar-refractivity contribution in [3.63, 3.8) is 0 Å². The molecule has 0 aliphatic heterocycles. The van der Waals surface area contributed by atoms with Crippen LogP contribution in [-0.2, 0) is 0 Å². The molecule has 0 unspecified atom stereocenters. The molecule has 9 heteroatoms. The van der Waals surface area contributed by atoms with Gasteiger partial charge in [0, 0.05) is 10.7 Å². The molecule has 2 N–H and O–H groups in total. The van der Waals surface area contributed by atoms with Gasteiger partial charge in [-0.3, -0.25) is 0 Å². The highest BCUT2D eigenvalue weighted by Gasteiger charge is 2.08. The summed E-state index contributed by atoms with van der Waals surface area (Å²) >= 11 is 11.8. The molecule has 1 aromatic heterocycles. The molecule has 0 atom stereocenters. The zero-order valence-corrected chi connectivity index (χ0v) is 14.4. The summed E-state index contributed by atoms with van der Waals surface area (Å²) in [5, 5.41) is 14.3. The summed E-state index contributed by atoms with van der Waals surface area (Å²) in [5.74, 6) is 0.722. The number of ether oxygens (including phenoxy) is 1. The third-order valence-corrected chi connectivity index (χ3v) is 3.68. The summed E-state index contributed by atoms with van der Waals surface area (Å²) in [6, 6.07) is 9.36. The van der Waals surface area contributed by atoms with Crippen LogP contribution in [0.2, 0.25) is 10.0 Å². The Morgan fingerprint density at radius 2 is 1.92 bits per heavy atom. The number of methoxy groups -OCH3 is 1. The normalized spacial score (nSPS) is 10.4. The van der Waals surface area contributed by atoms with Crippen molar-refractivity contribution >= 4 is 46.3 Å². The monoisotopic (exact) mass is 379 g/mol. The van der Waals surface area contributed by atoms with E-state index in [0.717, 1.165) is 0 Å². The summed E-state index contributed by atoms with van der Waals surface area (Å²) in [6.07, 6.45) is 1.43. The van der Waals surface area contributed by atoms with Gasteiger partial charge in [-0.05, 0) is 36.4 Å². The van der Waals surface area contributed by atoms with Gasteiger partial charge in [0.2, 0.25) is 5.95 Å². The van der Waals surface area contributed by atoms with E-state index in [1.54, 1.807) is 25.3 Å². The summed E-state index contributed by atoms with van der Waals surface area (Å²) in [7, 11) is 1.55. The van der Waals surface area contributed by atoms with Gasteiger partial charge in [0.05, 0.1) is 24.0 Å². The van der Waals surface area contributed by atoms with E-state index in [9.17, 15) is 4.39 Å². The maximum Gasteiger partial charge on any atom is 0.249 e. The van der Waals surface area contributed by atoms with Crippen molar-refractivity contribution in [2.75, 3.05) is 17.7 Å². The Bertz CT molecular complexity index is 909. The number of aromatic nitrogens is 3. The van der Waals surface area contributed by atoms with Crippen LogP contribution in [0.5, 0.6) is 5.75 Å². The van der Waals surface area contributed by atoms with Crippen LogP contribution in [0.3, 0.4) is 0 Å². The fraction of sp³-hybridized carbons (Fsp3) is 0.0625. The maximum atomic E-state index is 13.2. The van der Waals surface area contributed by atoms with Crippen LogP contribution in [0.4, 0.5) is 27.5 Å². The molecule has 0 amide bonds. The van der Waals surface area contributed by atoms with Gasteiger partial charge in [-0.15, -0.1) is 5.10 Å². The van der Waals surface area contributed by atoms with Gasteiger partial charge in [0.1, 0.15) is 11.6 Å². The number of hydrogen-bond donors (Lipinski definition) is 2. The number of nitrogens with one attached hydrogen (secondary N) is 2. The maximum absolute atomic E-state index is 13.2. The highest BCUT2D eigenvalue weighted by molar-refractivity contribution is 6.31. The van der Waals surface area contributed by atoms with Crippen LogP contribution in [0.15, 0.2) is 42.6 Å². The van der Waals surface area contributed by atoms with Gasteiger partial charge in [0.25, 0.3) is 0 Å². The van der Waals surface area contributed by atoms with E-state index >= 15 is 0 Å². The number of nitrogens with zero attached hydrogens (tertiary/aromatic N) is 3. The Hall–Kier alpha value is -2.64. The first kappa shape index (κ1) is 17.2. The lowest BCUT2D eigenvalue weighted by molar-refractivity contribution is 0.417. The van der Waals surface area contributed by atoms with Gasteiger partial charge in [0.15, 0.2) is 5.82 Å². The van der Waals surface area contributed by atoms with Gasteiger partial charge in [-0.1, -0.05) is 23.2 Å². The summed E-state index contributed by atoms with van der Waals surface area (Å²) in [4.78, 5) is 4.29. The van der Waals surface area contributed by atoms with E-state index < -0.39 is 5.82 Å². The van der Waals surface area contributed by atoms with Crippen LogP contribution >= 0.6 is 23.2 Å². The predicted molar refractivity (Wildman–Crippen MR) is 95.8 cm³/mol. The Labute approximate surface area is 153 Å².